The van der Waals surface area contributed by atoms with Crippen molar-refractivity contribution in [3.8, 4) is 0 Å². The first-order chi connectivity index (χ1) is 12.4. The standard InChI is InChI=1S/C16H17FN4O5/c17-9-7-21(16(26)20-15(9)25)11-4-3-10(12(22)13(11)23)19-14(24)8-2-1-5-18-6-8/h1-2,5-7,10-13,22-23H,3-4H2,(H,19,24)(H,20,25,26)/t10-,11-,12-,13-/m1/s1. The van der Waals surface area contributed by atoms with Crippen LogP contribution in [0.4, 0.5) is 4.39 Å². The van der Waals surface area contributed by atoms with E-state index < -0.39 is 47.3 Å². The van der Waals surface area contributed by atoms with Gasteiger partial charge in [0, 0.05) is 12.4 Å². The average molecular weight is 364 g/mol. The molecule has 0 spiro atoms. The molecule has 1 amide bonds. The van der Waals surface area contributed by atoms with Crippen molar-refractivity contribution >= 4 is 5.91 Å². The van der Waals surface area contributed by atoms with Gasteiger partial charge < -0.3 is 15.5 Å². The quantitative estimate of drug-likeness (QED) is 0.547. The molecule has 0 unspecified atom stereocenters. The fraction of sp³-hybridized carbons (Fsp3) is 0.375. The number of aliphatic hydroxyl groups excluding tert-OH is 2. The molecule has 0 bridgehead atoms. The van der Waals surface area contributed by atoms with Gasteiger partial charge in [-0.2, -0.15) is 4.39 Å². The molecule has 1 aliphatic carbocycles. The first-order valence-corrected chi connectivity index (χ1v) is 7.96. The van der Waals surface area contributed by atoms with Gasteiger partial charge >= 0.3 is 5.69 Å². The molecular weight excluding hydrogens is 347 g/mol. The van der Waals surface area contributed by atoms with Crippen LogP contribution in [-0.4, -0.2) is 48.9 Å². The molecular formula is C16H17FN4O5. The highest BCUT2D eigenvalue weighted by molar-refractivity contribution is 5.94. The van der Waals surface area contributed by atoms with E-state index in [9.17, 15) is 29.0 Å². The maximum atomic E-state index is 13.5. The van der Waals surface area contributed by atoms with Gasteiger partial charge in [0.1, 0.15) is 12.2 Å². The van der Waals surface area contributed by atoms with E-state index in [-0.39, 0.29) is 12.8 Å². The second-order valence-corrected chi connectivity index (χ2v) is 6.09. The number of nitrogens with zero attached hydrogens (tertiary/aromatic N) is 2. The number of rotatable bonds is 3. The average Bonchev–Trinajstić information content (AvgIpc) is 2.63. The van der Waals surface area contributed by atoms with Crippen molar-refractivity contribution in [2.75, 3.05) is 0 Å². The topological polar surface area (TPSA) is 137 Å². The number of halogens is 1. The summed E-state index contributed by atoms with van der Waals surface area (Å²) < 4.78 is 14.3. The Kier molecular flexibility index (Phi) is 4.96. The van der Waals surface area contributed by atoms with Crippen LogP contribution in [0.3, 0.4) is 0 Å². The summed E-state index contributed by atoms with van der Waals surface area (Å²) in [5, 5.41) is 23.3. The monoisotopic (exact) mass is 364 g/mol. The highest BCUT2D eigenvalue weighted by atomic mass is 19.1. The zero-order valence-electron chi connectivity index (χ0n) is 13.5. The minimum absolute atomic E-state index is 0.182. The van der Waals surface area contributed by atoms with Gasteiger partial charge in [0.2, 0.25) is 5.82 Å². The zero-order valence-corrected chi connectivity index (χ0v) is 13.5. The summed E-state index contributed by atoms with van der Waals surface area (Å²) in [6.45, 7) is 0. The summed E-state index contributed by atoms with van der Waals surface area (Å²) in [4.78, 5) is 40.8. The Bertz CT molecular complexity index is 913. The molecule has 10 heteroatoms. The van der Waals surface area contributed by atoms with E-state index in [0.717, 1.165) is 4.57 Å². The maximum Gasteiger partial charge on any atom is 0.328 e. The Hall–Kier alpha value is -2.85. The van der Waals surface area contributed by atoms with Crippen LogP contribution in [-0.2, 0) is 0 Å². The van der Waals surface area contributed by atoms with E-state index in [0.29, 0.717) is 11.8 Å². The highest BCUT2D eigenvalue weighted by Gasteiger charge is 2.39. The van der Waals surface area contributed by atoms with E-state index in [1.54, 1.807) is 12.1 Å². The van der Waals surface area contributed by atoms with E-state index in [4.69, 9.17) is 0 Å². The number of carbonyl (C=O) groups is 1. The van der Waals surface area contributed by atoms with Crippen molar-refractivity contribution in [3.05, 3.63) is 62.9 Å². The lowest BCUT2D eigenvalue weighted by Gasteiger charge is -2.38. The fourth-order valence-electron chi connectivity index (χ4n) is 3.07. The number of aromatic amines is 1. The molecule has 2 heterocycles. The molecule has 26 heavy (non-hydrogen) atoms. The van der Waals surface area contributed by atoms with Gasteiger partial charge in [0.15, 0.2) is 0 Å². The Morgan fingerprint density at radius 2 is 2.08 bits per heavy atom. The summed E-state index contributed by atoms with van der Waals surface area (Å²) in [7, 11) is 0. The van der Waals surface area contributed by atoms with Gasteiger partial charge in [-0.25, -0.2) is 4.79 Å². The Balaban J connectivity index is 1.76. The number of amides is 1. The lowest BCUT2D eigenvalue weighted by molar-refractivity contribution is -0.0572. The number of hydrogen-bond donors (Lipinski definition) is 4. The van der Waals surface area contributed by atoms with Crippen LogP contribution >= 0.6 is 0 Å². The van der Waals surface area contributed by atoms with E-state index in [1.165, 1.54) is 12.4 Å². The molecule has 9 nitrogen and oxygen atoms in total. The smallest absolute Gasteiger partial charge is 0.328 e. The number of carbonyl (C=O) groups excluding carboxylic acids is 1. The highest BCUT2D eigenvalue weighted by Crippen LogP contribution is 2.28. The number of hydrogen-bond acceptors (Lipinski definition) is 6. The SMILES string of the molecule is O=C(N[C@@H]1CC[C@@H](n2cc(F)c(=O)[nH]c2=O)[C@@H](O)[C@@H]1O)c1cccnc1. The molecule has 1 fully saturated rings. The number of aliphatic hydroxyl groups is 2. The van der Waals surface area contributed by atoms with Crippen LogP contribution < -0.4 is 16.6 Å². The van der Waals surface area contributed by atoms with Crippen molar-refractivity contribution in [1.82, 2.24) is 19.9 Å². The van der Waals surface area contributed by atoms with Crippen molar-refractivity contribution < 1.29 is 19.4 Å². The lowest BCUT2D eigenvalue weighted by Crippen LogP contribution is -2.55. The third-order valence-electron chi connectivity index (χ3n) is 4.45. The fourth-order valence-corrected chi connectivity index (χ4v) is 3.07. The van der Waals surface area contributed by atoms with Crippen molar-refractivity contribution in [2.45, 2.75) is 37.1 Å². The minimum Gasteiger partial charge on any atom is -0.388 e. The van der Waals surface area contributed by atoms with Crippen LogP contribution in [0.1, 0.15) is 29.2 Å². The molecule has 4 atom stereocenters. The van der Waals surface area contributed by atoms with E-state index >= 15 is 0 Å². The van der Waals surface area contributed by atoms with Crippen molar-refractivity contribution in [3.63, 3.8) is 0 Å². The molecule has 2 aromatic heterocycles. The zero-order chi connectivity index (χ0) is 18.8. The summed E-state index contributed by atoms with van der Waals surface area (Å²) in [5.74, 6) is -1.63. The summed E-state index contributed by atoms with van der Waals surface area (Å²) in [6.07, 6.45) is 1.19. The molecule has 138 valence electrons. The van der Waals surface area contributed by atoms with Gasteiger partial charge in [0.05, 0.1) is 23.8 Å². The largest absolute Gasteiger partial charge is 0.388 e. The molecule has 1 saturated carbocycles. The second kappa shape index (κ2) is 7.18. The molecule has 0 aromatic carbocycles. The maximum absolute atomic E-state index is 13.5. The summed E-state index contributed by atoms with van der Waals surface area (Å²) in [6, 6.07) is 1.46. The van der Waals surface area contributed by atoms with Crippen LogP contribution in [0.5, 0.6) is 0 Å². The number of aromatic nitrogens is 3. The third-order valence-corrected chi connectivity index (χ3v) is 4.45. The molecule has 0 radical (unpaired) electrons. The van der Waals surface area contributed by atoms with Gasteiger partial charge in [-0.15, -0.1) is 0 Å². The molecule has 2 aromatic rings. The van der Waals surface area contributed by atoms with Crippen molar-refractivity contribution in [2.24, 2.45) is 0 Å². The van der Waals surface area contributed by atoms with Crippen LogP contribution in [0, 0.1) is 5.82 Å². The predicted molar refractivity (Wildman–Crippen MR) is 87.1 cm³/mol. The Morgan fingerprint density at radius 1 is 1.31 bits per heavy atom. The normalized spacial score (nSPS) is 25.7. The van der Waals surface area contributed by atoms with E-state index in [1.807, 2.05) is 4.98 Å². The first-order valence-electron chi connectivity index (χ1n) is 7.96. The van der Waals surface area contributed by atoms with E-state index in [2.05, 4.69) is 10.3 Å². The summed E-state index contributed by atoms with van der Waals surface area (Å²) in [5.41, 5.74) is -1.74. The van der Waals surface area contributed by atoms with Gasteiger partial charge in [-0.3, -0.25) is 24.1 Å². The van der Waals surface area contributed by atoms with Gasteiger partial charge in [-0.1, -0.05) is 0 Å². The summed E-state index contributed by atoms with van der Waals surface area (Å²) >= 11 is 0. The molecule has 1 aliphatic rings. The predicted octanol–water partition coefficient (Wildman–Crippen LogP) is -1.07. The second-order valence-electron chi connectivity index (χ2n) is 6.09. The molecule has 0 saturated heterocycles. The number of pyridine rings is 1. The van der Waals surface area contributed by atoms with Crippen LogP contribution in [0.25, 0.3) is 0 Å². The number of nitrogens with one attached hydrogen (secondary N) is 2. The Morgan fingerprint density at radius 3 is 2.77 bits per heavy atom. The van der Waals surface area contributed by atoms with Crippen LogP contribution in [0.15, 0.2) is 40.3 Å². The number of H-pyrrole nitrogens is 1. The third kappa shape index (κ3) is 3.41. The molecule has 4 N–H and O–H groups in total. The molecule has 0 aliphatic heterocycles. The van der Waals surface area contributed by atoms with Gasteiger partial charge in [-0.05, 0) is 25.0 Å². The van der Waals surface area contributed by atoms with Crippen LogP contribution in [0.2, 0.25) is 0 Å². The lowest BCUT2D eigenvalue weighted by atomic mass is 9.85. The first kappa shape index (κ1) is 18.0. The van der Waals surface area contributed by atoms with Crippen molar-refractivity contribution in [1.29, 1.82) is 0 Å². The molecule has 3 rings (SSSR count). The minimum atomic E-state index is -1.44. The Labute approximate surface area is 146 Å². The van der Waals surface area contributed by atoms with Gasteiger partial charge in [0.25, 0.3) is 11.5 Å².